The molecule has 1 aromatic rings. The van der Waals surface area contributed by atoms with E-state index in [1.54, 1.807) is 11.3 Å². The summed E-state index contributed by atoms with van der Waals surface area (Å²) in [7, 11) is 0. The van der Waals surface area contributed by atoms with Crippen LogP contribution in [0.2, 0.25) is 4.34 Å². The van der Waals surface area contributed by atoms with Crippen molar-refractivity contribution in [1.29, 1.82) is 0 Å². The monoisotopic (exact) mass is 312 g/mol. The molecule has 0 radical (unpaired) electrons. The van der Waals surface area contributed by atoms with Gasteiger partial charge in [-0.2, -0.15) is 0 Å². The molecule has 1 saturated carbocycles. The summed E-state index contributed by atoms with van der Waals surface area (Å²) in [5, 5.41) is 3.79. The van der Waals surface area contributed by atoms with Gasteiger partial charge in [-0.25, -0.2) is 0 Å². The zero-order valence-corrected chi connectivity index (χ0v) is 14.2. The molecule has 3 rings (SSSR count). The number of thiophene rings is 1. The Labute approximate surface area is 131 Å². The lowest BCUT2D eigenvalue weighted by atomic mass is 9.95. The highest BCUT2D eigenvalue weighted by Gasteiger charge is 2.39. The Morgan fingerprint density at radius 2 is 2.05 bits per heavy atom. The third-order valence-electron chi connectivity index (χ3n) is 4.89. The quantitative estimate of drug-likeness (QED) is 0.897. The molecule has 3 atom stereocenters. The van der Waals surface area contributed by atoms with Crippen LogP contribution in [-0.2, 0) is 0 Å². The molecule has 1 N–H and O–H groups in total. The summed E-state index contributed by atoms with van der Waals surface area (Å²) in [6.45, 7) is 9.33. The maximum atomic E-state index is 6.12. The molecule has 0 amide bonds. The van der Waals surface area contributed by atoms with Gasteiger partial charge >= 0.3 is 0 Å². The van der Waals surface area contributed by atoms with E-state index in [1.807, 2.05) is 6.07 Å². The minimum atomic E-state index is 0.475. The number of hydrogen-bond donors (Lipinski definition) is 1. The third kappa shape index (κ3) is 3.06. The first-order valence-corrected chi connectivity index (χ1v) is 9.00. The van der Waals surface area contributed by atoms with Gasteiger partial charge in [0.25, 0.3) is 0 Å². The normalized spacial score (nSPS) is 29.9. The van der Waals surface area contributed by atoms with Crippen molar-refractivity contribution >= 4 is 22.9 Å². The van der Waals surface area contributed by atoms with E-state index in [-0.39, 0.29) is 0 Å². The van der Waals surface area contributed by atoms with Crippen LogP contribution in [0.25, 0.3) is 0 Å². The van der Waals surface area contributed by atoms with Crippen molar-refractivity contribution < 1.29 is 0 Å². The van der Waals surface area contributed by atoms with Crippen LogP contribution in [-0.4, -0.2) is 30.1 Å². The van der Waals surface area contributed by atoms with Crippen molar-refractivity contribution in [2.24, 2.45) is 11.8 Å². The van der Waals surface area contributed by atoms with Crippen LogP contribution in [0.1, 0.15) is 44.5 Å². The molecule has 1 saturated heterocycles. The van der Waals surface area contributed by atoms with Gasteiger partial charge in [-0.3, -0.25) is 4.90 Å². The zero-order chi connectivity index (χ0) is 14.3. The predicted molar refractivity (Wildman–Crippen MR) is 87.6 cm³/mol. The first-order valence-electron chi connectivity index (χ1n) is 7.80. The Morgan fingerprint density at radius 1 is 1.30 bits per heavy atom. The van der Waals surface area contributed by atoms with E-state index < -0.39 is 0 Å². The van der Waals surface area contributed by atoms with E-state index >= 15 is 0 Å². The van der Waals surface area contributed by atoms with Gasteiger partial charge in [-0.1, -0.05) is 25.4 Å². The Bertz CT molecular complexity index is 455. The number of nitrogens with one attached hydrogen (secondary N) is 1. The highest BCUT2D eigenvalue weighted by molar-refractivity contribution is 7.16. The molecule has 4 heteroatoms. The minimum absolute atomic E-state index is 0.475. The average Bonchev–Trinajstić information content (AvgIpc) is 3.19. The van der Waals surface area contributed by atoms with Gasteiger partial charge in [-0.05, 0) is 43.7 Å². The van der Waals surface area contributed by atoms with Crippen molar-refractivity contribution in [1.82, 2.24) is 10.2 Å². The van der Waals surface area contributed by atoms with E-state index in [9.17, 15) is 0 Å². The second-order valence-corrected chi connectivity index (χ2v) is 8.42. The molecule has 1 aliphatic carbocycles. The standard InChI is InChI=1S/C16H25ClN2S/c1-10(2)14-8-18-13(12-4-5-12)9-19(14)11(3)15-6-7-16(17)20-15/h6-7,10-14,18H,4-5,8-9H2,1-3H3. The second kappa shape index (κ2) is 5.96. The summed E-state index contributed by atoms with van der Waals surface area (Å²) >= 11 is 7.85. The molecule has 3 unspecified atom stereocenters. The van der Waals surface area contributed by atoms with E-state index in [4.69, 9.17) is 11.6 Å². The van der Waals surface area contributed by atoms with Crippen LogP contribution in [0.3, 0.4) is 0 Å². The molecule has 2 heterocycles. The Hall–Kier alpha value is -0.0900. The molecule has 0 spiro atoms. The zero-order valence-electron chi connectivity index (χ0n) is 12.6. The van der Waals surface area contributed by atoms with E-state index in [0.717, 1.165) is 16.8 Å². The molecule has 112 valence electrons. The minimum Gasteiger partial charge on any atom is -0.311 e. The Morgan fingerprint density at radius 3 is 2.60 bits per heavy atom. The van der Waals surface area contributed by atoms with Gasteiger partial charge in [0.1, 0.15) is 0 Å². The number of piperazine rings is 1. The number of rotatable bonds is 4. The molecule has 20 heavy (non-hydrogen) atoms. The maximum absolute atomic E-state index is 6.12. The van der Waals surface area contributed by atoms with Crippen LogP contribution >= 0.6 is 22.9 Å². The molecular weight excluding hydrogens is 288 g/mol. The molecule has 1 aromatic heterocycles. The van der Waals surface area contributed by atoms with Gasteiger partial charge in [-0.15, -0.1) is 11.3 Å². The molecule has 1 aliphatic heterocycles. The van der Waals surface area contributed by atoms with Crippen LogP contribution in [0, 0.1) is 11.8 Å². The maximum Gasteiger partial charge on any atom is 0.0931 e. The predicted octanol–water partition coefficient (Wildman–Crippen LogP) is 4.17. The average molecular weight is 313 g/mol. The summed E-state index contributed by atoms with van der Waals surface area (Å²) in [6, 6.07) is 6.03. The van der Waals surface area contributed by atoms with Crippen molar-refractivity contribution in [2.45, 2.75) is 51.7 Å². The molecule has 2 nitrogen and oxygen atoms in total. The van der Waals surface area contributed by atoms with Gasteiger partial charge in [0.15, 0.2) is 0 Å². The third-order valence-corrected chi connectivity index (χ3v) is 6.29. The van der Waals surface area contributed by atoms with Crippen molar-refractivity contribution in [3.05, 3.63) is 21.3 Å². The molecule has 0 aromatic carbocycles. The van der Waals surface area contributed by atoms with Gasteiger partial charge in [0.05, 0.1) is 4.34 Å². The lowest BCUT2D eigenvalue weighted by Gasteiger charge is -2.45. The van der Waals surface area contributed by atoms with Gasteiger partial charge in [0.2, 0.25) is 0 Å². The number of halogens is 1. The van der Waals surface area contributed by atoms with Crippen LogP contribution in [0.4, 0.5) is 0 Å². The van der Waals surface area contributed by atoms with Crippen LogP contribution < -0.4 is 5.32 Å². The largest absolute Gasteiger partial charge is 0.311 e. The fourth-order valence-corrected chi connectivity index (χ4v) is 4.54. The summed E-state index contributed by atoms with van der Waals surface area (Å²) in [5.41, 5.74) is 0. The summed E-state index contributed by atoms with van der Waals surface area (Å²) in [6.07, 6.45) is 2.83. The topological polar surface area (TPSA) is 15.3 Å². The molecular formula is C16H25ClN2S. The van der Waals surface area contributed by atoms with E-state index in [0.29, 0.717) is 24.0 Å². The van der Waals surface area contributed by atoms with Crippen molar-refractivity contribution in [2.75, 3.05) is 13.1 Å². The highest BCUT2D eigenvalue weighted by Crippen LogP contribution is 2.38. The van der Waals surface area contributed by atoms with Crippen molar-refractivity contribution in [3.63, 3.8) is 0 Å². The van der Waals surface area contributed by atoms with Gasteiger partial charge < -0.3 is 5.32 Å². The Kier molecular flexibility index (Phi) is 4.42. The van der Waals surface area contributed by atoms with Crippen LogP contribution in [0.5, 0.6) is 0 Å². The highest BCUT2D eigenvalue weighted by atomic mass is 35.5. The summed E-state index contributed by atoms with van der Waals surface area (Å²) in [4.78, 5) is 4.11. The first kappa shape index (κ1) is 14.8. The second-order valence-electron chi connectivity index (χ2n) is 6.68. The summed E-state index contributed by atoms with van der Waals surface area (Å²) in [5.74, 6) is 1.60. The Balaban J connectivity index is 1.77. The fraction of sp³-hybridized carbons (Fsp3) is 0.750. The van der Waals surface area contributed by atoms with Crippen LogP contribution in [0.15, 0.2) is 12.1 Å². The number of nitrogens with zero attached hydrogens (tertiary/aromatic N) is 1. The molecule has 0 bridgehead atoms. The number of hydrogen-bond acceptors (Lipinski definition) is 3. The first-order chi connectivity index (χ1) is 9.56. The van der Waals surface area contributed by atoms with Gasteiger partial charge in [0, 0.05) is 36.1 Å². The van der Waals surface area contributed by atoms with E-state index in [1.165, 1.54) is 24.3 Å². The summed E-state index contributed by atoms with van der Waals surface area (Å²) < 4.78 is 0.904. The van der Waals surface area contributed by atoms with Crippen molar-refractivity contribution in [3.8, 4) is 0 Å². The SMILES string of the molecule is CC(C)C1CNC(C2CC2)CN1C(C)c1ccc(Cl)s1. The smallest absolute Gasteiger partial charge is 0.0931 e. The van der Waals surface area contributed by atoms with E-state index in [2.05, 4.69) is 37.1 Å². The fourth-order valence-electron chi connectivity index (χ4n) is 3.41. The lowest BCUT2D eigenvalue weighted by molar-refractivity contribution is 0.0582. The molecule has 2 fully saturated rings. The molecule has 2 aliphatic rings. The lowest BCUT2D eigenvalue weighted by Crippen LogP contribution is -2.59.